The molecule has 2 saturated heterocycles. The summed E-state index contributed by atoms with van der Waals surface area (Å²) >= 11 is 15.4. The molecule has 0 spiro atoms. The molecule has 31 heavy (non-hydrogen) atoms. The molecule has 2 unspecified atom stereocenters. The van der Waals surface area contributed by atoms with Crippen LogP contribution in [0.15, 0.2) is 10.5 Å². The Kier molecular flexibility index (Phi) is 6.58. The van der Waals surface area contributed by atoms with Gasteiger partial charge in [0, 0.05) is 18.5 Å². The van der Waals surface area contributed by atoms with Crippen molar-refractivity contribution in [2.45, 2.75) is 31.8 Å². The number of anilines is 1. The van der Waals surface area contributed by atoms with Gasteiger partial charge in [-0.1, -0.05) is 11.6 Å². The van der Waals surface area contributed by atoms with Crippen LogP contribution in [0.5, 0.6) is 0 Å². The summed E-state index contributed by atoms with van der Waals surface area (Å²) < 4.78 is 31.6. The van der Waals surface area contributed by atoms with Crippen LogP contribution in [0, 0.1) is 5.82 Å². The molecule has 168 valence electrons. The second kappa shape index (κ2) is 8.92. The molecule has 1 aromatic heterocycles. The summed E-state index contributed by atoms with van der Waals surface area (Å²) in [4.78, 5) is 22.8. The number of benzene rings is 1. The van der Waals surface area contributed by atoms with E-state index in [9.17, 15) is 9.18 Å². The third kappa shape index (κ3) is 4.89. The maximum Gasteiger partial charge on any atom is 0.252 e. The number of hydrogen-bond donors (Lipinski definition) is 1. The summed E-state index contributed by atoms with van der Waals surface area (Å²) in [5.41, 5.74) is 0.0516. The minimum atomic E-state index is -0.803. The maximum atomic E-state index is 14.7. The summed E-state index contributed by atoms with van der Waals surface area (Å²) in [5.74, 6) is -1.30. The average molecular weight is 538 g/mol. The Morgan fingerprint density at radius 1 is 1.35 bits per heavy atom. The summed E-state index contributed by atoms with van der Waals surface area (Å²) in [6.07, 6.45) is -0.703. The first-order chi connectivity index (χ1) is 14.6. The van der Waals surface area contributed by atoms with Crippen molar-refractivity contribution in [3.63, 3.8) is 0 Å². The van der Waals surface area contributed by atoms with Gasteiger partial charge in [-0.25, -0.2) is 9.37 Å². The summed E-state index contributed by atoms with van der Waals surface area (Å²) in [6, 6.07) is 1.22. The molecule has 0 saturated carbocycles. The van der Waals surface area contributed by atoms with Gasteiger partial charge in [0.1, 0.15) is 11.3 Å². The van der Waals surface area contributed by atoms with Crippen molar-refractivity contribution >= 4 is 61.8 Å². The molecule has 0 radical (unpaired) electrons. The molecule has 4 rings (SSSR count). The van der Waals surface area contributed by atoms with Crippen molar-refractivity contribution in [1.29, 1.82) is 0 Å². The lowest BCUT2D eigenvalue weighted by Gasteiger charge is -2.27. The highest BCUT2D eigenvalue weighted by molar-refractivity contribution is 9.10. The molecule has 2 fully saturated rings. The van der Waals surface area contributed by atoms with Gasteiger partial charge >= 0.3 is 0 Å². The molecule has 12 heteroatoms. The number of nitrogens with zero attached hydrogens (tertiary/aromatic N) is 3. The van der Waals surface area contributed by atoms with E-state index in [0.29, 0.717) is 37.5 Å². The van der Waals surface area contributed by atoms with E-state index >= 15 is 0 Å². The lowest BCUT2D eigenvalue weighted by Crippen LogP contribution is -2.49. The number of aromatic nitrogens is 2. The second-order valence-electron chi connectivity index (χ2n) is 7.74. The molecular formula is C19H20BrCl2FN4O4. The van der Waals surface area contributed by atoms with E-state index in [-0.39, 0.29) is 38.9 Å². The molecule has 1 aromatic carbocycles. The first-order valence-electron chi connectivity index (χ1n) is 9.60. The fourth-order valence-corrected chi connectivity index (χ4v) is 4.23. The number of nitrogens with one attached hydrogen (secondary N) is 1. The first kappa shape index (κ1) is 22.9. The van der Waals surface area contributed by atoms with Gasteiger partial charge in [0.15, 0.2) is 17.7 Å². The van der Waals surface area contributed by atoms with Gasteiger partial charge < -0.3 is 24.4 Å². The zero-order valence-corrected chi connectivity index (χ0v) is 19.9. The van der Waals surface area contributed by atoms with Gasteiger partial charge in [-0.05, 0) is 47.4 Å². The number of carbonyl (C=O) groups excluding carboxylic acids is 1. The highest BCUT2D eigenvalue weighted by Crippen LogP contribution is 2.36. The van der Waals surface area contributed by atoms with Crippen LogP contribution in [0.2, 0.25) is 10.3 Å². The van der Waals surface area contributed by atoms with E-state index in [1.807, 2.05) is 4.90 Å². The van der Waals surface area contributed by atoms with Crippen LogP contribution in [0.1, 0.15) is 13.8 Å². The van der Waals surface area contributed by atoms with Gasteiger partial charge in [0.25, 0.3) is 5.91 Å². The Morgan fingerprint density at radius 3 is 2.84 bits per heavy atom. The molecule has 2 atom stereocenters. The molecule has 3 heterocycles. The van der Waals surface area contributed by atoms with E-state index in [2.05, 4.69) is 31.2 Å². The number of fused-ring (bicyclic) bond motifs is 1. The number of rotatable bonds is 3. The van der Waals surface area contributed by atoms with Crippen LogP contribution in [0.4, 0.5) is 10.2 Å². The standard InChI is InChI=1S/C19H20BrCl2FN4O4/c1-19(2)30-8-12(31-19)17(28)24-9-6-27(3-4-29-7-9)16-10-5-11(21)13(20)14(23)15(10)25-18(22)26-16/h5,9,12H,3-4,6-8H2,1-2H3,(H,24,28). The van der Waals surface area contributed by atoms with Crippen LogP contribution in [0.3, 0.4) is 0 Å². The molecule has 1 N–H and O–H groups in total. The number of halogens is 4. The fourth-order valence-electron chi connectivity index (χ4n) is 3.57. The van der Waals surface area contributed by atoms with Gasteiger partial charge in [0.2, 0.25) is 5.28 Å². The van der Waals surface area contributed by atoms with E-state index in [1.54, 1.807) is 19.9 Å². The SMILES string of the molecule is CC1(C)OCC(C(=O)NC2COCCN(c3nc(Cl)nc4c(F)c(Br)c(Cl)cc34)C2)O1. The molecule has 1 amide bonds. The van der Waals surface area contributed by atoms with Crippen LogP contribution < -0.4 is 10.2 Å². The summed E-state index contributed by atoms with van der Waals surface area (Å²) in [6.45, 7) is 5.19. The van der Waals surface area contributed by atoms with Gasteiger partial charge in [0.05, 0.1) is 35.4 Å². The Balaban J connectivity index is 1.60. The van der Waals surface area contributed by atoms with Crippen molar-refractivity contribution in [3.05, 3.63) is 26.7 Å². The molecule has 0 aliphatic carbocycles. The number of amides is 1. The van der Waals surface area contributed by atoms with Gasteiger partial charge in [-0.15, -0.1) is 0 Å². The normalized spacial score (nSPS) is 23.7. The number of hydrogen-bond acceptors (Lipinski definition) is 7. The quantitative estimate of drug-likeness (QED) is 0.475. The molecule has 8 nitrogen and oxygen atoms in total. The minimum Gasteiger partial charge on any atom is -0.377 e. The largest absolute Gasteiger partial charge is 0.377 e. The number of carbonyl (C=O) groups is 1. The van der Waals surface area contributed by atoms with Crippen molar-refractivity contribution in [3.8, 4) is 0 Å². The van der Waals surface area contributed by atoms with Gasteiger partial charge in [-0.3, -0.25) is 4.79 Å². The van der Waals surface area contributed by atoms with Crippen molar-refractivity contribution in [1.82, 2.24) is 15.3 Å². The zero-order valence-electron chi connectivity index (χ0n) is 16.8. The molecular weight excluding hydrogens is 518 g/mol. The average Bonchev–Trinajstić information content (AvgIpc) is 2.93. The Hall–Kier alpha value is -1.30. The van der Waals surface area contributed by atoms with E-state index in [0.717, 1.165) is 0 Å². The highest BCUT2D eigenvalue weighted by atomic mass is 79.9. The second-order valence-corrected chi connectivity index (χ2v) is 9.28. The third-order valence-electron chi connectivity index (χ3n) is 4.99. The third-order valence-corrected chi connectivity index (χ3v) is 6.46. The smallest absolute Gasteiger partial charge is 0.252 e. The van der Waals surface area contributed by atoms with Crippen LogP contribution in [-0.4, -0.2) is 66.7 Å². The van der Waals surface area contributed by atoms with Crippen LogP contribution in [-0.2, 0) is 19.0 Å². The van der Waals surface area contributed by atoms with Crippen LogP contribution in [0.25, 0.3) is 10.9 Å². The molecule has 0 bridgehead atoms. The monoisotopic (exact) mass is 536 g/mol. The molecule has 2 aliphatic rings. The number of ether oxygens (including phenoxy) is 3. The Morgan fingerprint density at radius 2 is 2.13 bits per heavy atom. The van der Waals surface area contributed by atoms with E-state index < -0.39 is 17.7 Å². The zero-order chi connectivity index (χ0) is 22.3. The van der Waals surface area contributed by atoms with E-state index in [4.69, 9.17) is 37.4 Å². The van der Waals surface area contributed by atoms with Crippen molar-refractivity contribution in [2.24, 2.45) is 0 Å². The first-order valence-corrected chi connectivity index (χ1v) is 11.1. The lowest BCUT2D eigenvalue weighted by atomic mass is 10.2. The summed E-state index contributed by atoms with van der Waals surface area (Å²) in [7, 11) is 0. The minimum absolute atomic E-state index is 0.0516. The summed E-state index contributed by atoms with van der Waals surface area (Å²) in [5, 5.41) is 3.44. The Bertz CT molecular complexity index is 1030. The van der Waals surface area contributed by atoms with Crippen LogP contribution >= 0.6 is 39.1 Å². The topological polar surface area (TPSA) is 85.8 Å². The van der Waals surface area contributed by atoms with Gasteiger partial charge in [-0.2, -0.15) is 4.98 Å². The fraction of sp³-hybridized carbons (Fsp3) is 0.526. The lowest BCUT2D eigenvalue weighted by molar-refractivity contribution is -0.153. The van der Waals surface area contributed by atoms with Crippen molar-refractivity contribution < 1.29 is 23.4 Å². The predicted molar refractivity (Wildman–Crippen MR) is 117 cm³/mol. The molecule has 2 aromatic rings. The maximum absolute atomic E-state index is 14.7. The Labute approximate surface area is 196 Å². The highest BCUT2D eigenvalue weighted by Gasteiger charge is 2.38. The molecule has 2 aliphatic heterocycles. The predicted octanol–water partition coefficient (Wildman–Crippen LogP) is 3.31. The van der Waals surface area contributed by atoms with E-state index in [1.165, 1.54) is 0 Å². The van der Waals surface area contributed by atoms with Crippen molar-refractivity contribution in [2.75, 3.05) is 37.8 Å².